The molecule has 0 fully saturated rings. The van der Waals surface area contributed by atoms with Crippen molar-refractivity contribution in [1.82, 2.24) is 0 Å². The molecule has 0 atom stereocenters. The summed E-state index contributed by atoms with van der Waals surface area (Å²) in [4.78, 5) is 4.56. The molecule has 13 aromatic carbocycles. The highest BCUT2D eigenvalue weighted by atomic mass is 15.1. The van der Waals surface area contributed by atoms with E-state index in [9.17, 15) is 0 Å². The standard InChI is InChI=1S/C52H40N2.C36H44/c1-5-13-47(14-6-1)53(48-15-7-2-8-16-48)51-37-29-43(30-38-51)23-21-41-25-33-45(34-26-41)46-35-27-42(28-36-46)22-24-44-31-39-52(40-32-44)54(49-17-9-3-10-18-49)50-19-11-4-12-20-50;1-33(2,3)23-13-21-14-24(34(4,5)6)19-29-30-20-26(36(10,11)12)16-22-15-25(35(7,8)9)18-28(32(22)30)27(17-23)31(21)29/h1-40H;13-20H,1-12H3/b23-21+,24-22+;. The van der Waals surface area contributed by atoms with Crippen LogP contribution in [0.2, 0.25) is 0 Å². The Bertz CT molecular complexity index is 4150. The molecule has 0 heterocycles. The Hall–Kier alpha value is -9.76. The fourth-order valence-electron chi connectivity index (χ4n) is 12.2. The monoisotopic (exact) mass is 1170 g/mol. The predicted molar refractivity (Wildman–Crippen MR) is 394 cm³/mol. The van der Waals surface area contributed by atoms with Gasteiger partial charge in [-0.15, -0.1) is 0 Å². The van der Waals surface area contributed by atoms with Crippen molar-refractivity contribution in [3.8, 4) is 11.1 Å². The summed E-state index contributed by atoms with van der Waals surface area (Å²) in [5.41, 5.74) is 19.8. The van der Waals surface area contributed by atoms with E-state index in [1.165, 1.54) is 87.6 Å². The van der Waals surface area contributed by atoms with Gasteiger partial charge in [0.2, 0.25) is 0 Å². The second-order valence-corrected chi connectivity index (χ2v) is 28.4. The average Bonchev–Trinajstić information content (AvgIpc) is 0.712. The molecule has 13 rings (SSSR count). The molecule has 0 aromatic heterocycles. The van der Waals surface area contributed by atoms with Crippen LogP contribution < -0.4 is 9.80 Å². The van der Waals surface area contributed by atoms with Crippen LogP contribution in [0.4, 0.5) is 34.1 Å². The van der Waals surface area contributed by atoms with Crippen molar-refractivity contribution in [1.29, 1.82) is 0 Å². The first kappa shape index (κ1) is 60.5. The second-order valence-electron chi connectivity index (χ2n) is 28.4. The van der Waals surface area contributed by atoms with E-state index in [2.05, 4.69) is 384 Å². The highest BCUT2D eigenvalue weighted by Crippen LogP contribution is 2.47. The molecule has 0 aliphatic rings. The summed E-state index contributed by atoms with van der Waals surface area (Å²) in [7, 11) is 0. The van der Waals surface area contributed by atoms with Crippen molar-refractivity contribution in [3.05, 3.63) is 311 Å². The molecular weight excluding hydrogens is 1080 g/mol. The van der Waals surface area contributed by atoms with Crippen molar-refractivity contribution < 1.29 is 0 Å². The third-order valence-corrected chi connectivity index (χ3v) is 17.6. The van der Waals surface area contributed by atoms with Crippen LogP contribution >= 0.6 is 0 Å². The minimum atomic E-state index is 0.0830. The maximum atomic E-state index is 2.49. The molecule has 0 aliphatic carbocycles. The van der Waals surface area contributed by atoms with E-state index >= 15 is 0 Å². The molecule has 0 unspecified atom stereocenters. The molecule has 0 aliphatic heterocycles. The minimum Gasteiger partial charge on any atom is -0.311 e. The molecule has 0 radical (unpaired) electrons. The van der Waals surface area contributed by atoms with E-state index in [-0.39, 0.29) is 21.7 Å². The van der Waals surface area contributed by atoms with Crippen LogP contribution in [0.15, 0.2) is 267 Å². The van der Waals surface area contributed by atoms with Crippen LogP contribution in [-0.4, -0.2) is 0 Å². The Balaban J connectivity index is 0.000000189. The zero-order chi connectivity index (χ0) is 63.0. The fraction of sp³-hybridized carbons (Fsp3) is 0.182. The fourth-order valence-corrected chi connectivity index (χ4v) is 12.2. The van der Waals surface area contributed by atoms with Gasteiger partial charge in [0.05, 0.1) is 0 Å². The Morgan fingerprint density at radius 2 is 0.422 bits per heavy atom. The number of rotatable bonds is 11. The van der Waals surface area contributed by atoms with E-state index < -0.39 is 0 Å². The summed E-state index contributed by atoms with van der Waals surface area (Å²) in [6, 6.07) is 96.7. The smallest absolute Gasteiger partial charge is 0.0462 e. The first-order chi connectivity index (χ1) is 43.1. The van der Waals surface area contributed by atoms with Crippen molar-refractivity contribution in [2.45, 2.75) is 105 Å². The molecule has 0 spiro atoms. The molecule has 90 heavy (non-hydrogen) atoms. The van der Waals surface area contributed by atoms with Crippen molar-refractivity contribution in [3.63, 3.8) is 0 Å². The minimum absolute atomic E-state index is 0.0830. The van der Waals surface area contributed by atoms with E-state index in [1.54, 1.807) is 0 Å². The Morgan fingerprint density at radius 3 is 0.633 bits per heavy atom. The third kappa shape index (κ3) is 13.2. The summed E-state index contributed by atoms with van der Waals surface area (Å²) in [6.45, 7) is 28.0. The van der Waals surface area contributed by atoms with E-state index in [0.717, 1.165) is 45.3 Å². The average molecular weight is 1170 g/mol. The Morgan fingerprint density at radius 1 is 0.222 bits per heavy atom. The van der Waals surface area contributed by atoms with Gasteiger partial charge < -0.3 is 9.80 Å². The van der Waals surface area contributed by atoms with Crippen molar-refractivity contribution in [2.75, 3.05) is 9.80 Å². The van der Waals surface area contributed by atoms with Gasteiger partial charge in [-0.2, -0.15) is 0 Å². The maximum absolute atomic E-state index is 2.49. The van der Waals surface area contributed by atoms with Crippen LogP contribution in [0.5, 0.6) is 0 Å². The molecule has 2 heteroatoms. The van der Waals surface area contributed by atoms with Gasteiger partial charge in [0, 0.05) is 34.1 Å². The van der Waals surface area contributed by atoms with Crippen molar-refractivity contribution >= 4 is 102 Å². The number of hydrogen-bond donors (Lipinski definition) is 0. The van der Waals surface area contributed by atoms with Gasteiger partial charge in [0.15, 0.2) is 0 Å². The molecule has 0 bridgehead atoms. The summed E-state index contributed by atoms with van der Waals surface area (Å²) in [6.07, 6.45) is 8.69. The topological polar surface area (TPSA) is 6.48 Å². The zero-order valence-corrected chi connectivity index (χ0v) is 54.6. The van der Waals surface area contributed by atoms with Gasteiger partial charge >= 0.3 is 0 Å². The Kier molecular flexibility index (Phi) is 16.6. The van der Waals surface area contributed by atoms with E-state index in [0.29, 0.717) is 0 Å². The highest BCUT2D eigenvalue weighted by Gasteiger charge is 2.26. The number of anilines is 6. The molecule has 446 valence electrons. The number of para-hydroxylation sites is 4. The van der Waals surface area contributed by atoms with Crippen LogP contribution in [0.1, 0.15) is 128 Å². The first-order valence-corrected chi connectivity index (χ1v) is 32.0. The quantitative estimate of drug-likeness (QED) is 0.0723. The zero-order valence-electron chi connectivity index (χ0n) is 54.6. The molecule has 0 saturated carbocycles. The van der Waals surface area contributed by atoms with Crippen LogP contribution in [0.3, 0.4) is 0 Å². The summed E-state index contributed by atoms with van der Waals surface area (Å²) >= 11 is 0. The van der Waals surface area contributed by atoms with Gasteiger partial charge in [-0.3, -0.25) is 0 Å². The molecular formula is C88H84N2. The third-order valence-electron chi connectivity index (χ3n) is 17.6. The van der Waals surface area contributed by atoms with Gasteiger partial charge in [-0.25, -0.2) is 0 Å². The lowest BCUT2D eigenvalue weighted by atomic mass is 9.76. The lowest BCUT2D eigenvalue weighted by molar-refractivity contribution is 0.589. The molecule has 0 saturated heterocycles. The largest absolute Gasteiger partial charge is 0.311 e. The van der Waals surface area contributed by atoms with Crippen LogP contribution in [0, 0.1) is 0 Å². The number of hydrogen-bond acceptors (Lipinski definition) is 2. The van der Waals surface area contributed by atoms with E-state index in [1.807, 2.05) is 0 Å². The first-order valence-electron chi connectivity index (χ1n) is 32.0. The summed E-state index contributed by atoms with van der Waals surface area (Å²) in [5, 5.41) is 11.2. The Labute approximate surface area is 535 Å². The van der Waals surface area contributed by atoms with Crippen molar-refractivity contribution in [2.24, 2.45) is 0 Å². The lowest BCUT2D eigenvalue weighted by Crippen LogP contribution is -2.14. The molecule has 0 N–H and O–H groups in total. The number of nitrogens with zero attached hydrogens (tertiary/aromatic N) is 2. The highest BCUT2D eigenvalue weighted by molar-refractivity contribution is 6.33. The number of fused-ring (bicyclic) bond motifs is 2. The SMILES string of the molecule is C(=C\c1ccc(N(c2ccccc2)c2ccccc2)cc1)/c1ccc(-c2ccc(/C=C/c3ccc(N(c4ccccc4)c4ccccc4)cc3)cc2)cc1.CC(C)(C)c1cc2cc(C(C)(C)C)cc3c4cc(C(C)(C)C)cc5cc(C(C)(C)C)cc(c(c1)c23)c54. The van der Waals surface area contributed by atoms with Gasteiger partial charge in [-0.1, -0.05) is 277 Å². The second kappa shape index (κ2) is 24.7. The summed E-state index contributed by atoms with van der Waals surface area (Å²) < 4.78 is 0. The molecule has 2 nitrogen and oxygen atoms in total. The van der Waals surface area contributed by atoms with Crippen LogP contribution in [0.25, 0.3) is 78.5 Å². The number of benzene rings is 13. The predicted octanol–water partition coefficient (Wildman–Crippen LogP) is 25.6. The normalized spacial score (nSPS) is 12.4. The molecule has 13 aromatic rings. The summed E-state index contributed by atoms with van der Waals surface area (Å²) in [5.74, 6) is 0. The van der Waals surface area contributed by atoms with Gasteiger partial charge in [0.1, 0.15) is 0 Å². The van der Waals surface area contributed by atoms with Gasteiger partial charge in [-0.05, 0) is 217 Å². The molecule has 0 amide bonds. The van der Waals surface area contributed by atoms with E-state index in [4.69, 9.17) is 0 Å². The van der Waals surface area contributed by atoms with Crippen LogP contribution in [-0.2, 0) is 21.7 Å². The maximum Gasteiger partial charge on any atom is 0.0462 e. The lowest BCUT2D eigenvalue weighted by Gasteiger charge is -2.28. The van der Waals surface area contributed by atoms with Gasteiger partial charge in [0.25, 0.3) is 0 Å².